The van der Waals surface area contributed by atoms with Crippen LogP contribution in [0.4, 0.5) is 4.79 Å². The first kappa shape index (κ1) is 20.0. The number of carbonyl (C=O) groups excluding carboxylic acids is 2. The van der Waals surface area contributed by atoms with Gasteiger partial charge >= 0.3 is 6.09 Å². The number of rotatable bonds is 5. The van der Waals surface area contributed by atoms with Crippen LogP contribution in [0.5, 0.6) is 0 Å². The van der Waals surface area contributed by atoms with Crippen molar-refractivity contribution in [3.8, 4) is 0 Å². The largest absolute Gasteiger partial charge is 0.444 e. The van der Waals surface area contributed by atoms with Crippen LogP contribution in [-0.4, -0.2) is 65.7 Å². The Morgan fingerprint density at radius 2 is 1.76 bits per heavy atom. The molecule has 2 atom stereocenters. The molecule has 0 aliphatic carbocycles. The molecule has 0 aromatic carbocycles. The summed E-state index contributed by atoms with van der Waals surface area (Å²) in [5, 5.41) is 3.34. The van der Waals surface area contributed by atoms with E-state index >= 15 is 0 Å². The third kappa shape index (κ3) is 6.49. The predicted molar refractivity (Wildman–Crippen MR) is 98.5 cm³/mol. The smallest absolute Gasteiger partial charge is 0.410 e. The van der Waals surface area contributed by atoms with E-state index in [1.54, 1.807) is 0 Å². The summed E-state index contributed by atoms with van der Waals surface area (Å²) in [4.78, 5) is 28.4. The first-order chi connectivity index (χ1) is 11.8. The van der Waals surface area contributed by atoms with Crippen LogP contribution < -0.4 is 5.32 Å². The fraction of sp³-hybridized carbons (Fsp3) is 0.895. The van der Waals surface area contributed by atoms with E-state index in [2.05, 4.69) is 12.2 Å². The Morgan fingerprint density at radius 1 is 1.12 bits per heavy atom. The van der Waals surface area contributed by atoms with Gasteiger partial charge in [0.2, 0.25) is 5.91 Å². The topological polar surface area (TPSA) is 61.9 Å². The van der Waals surface area contributed by atoms with Crippen molar-refractivity contribution in [3.05, 3.63) is 0 Å². The highest BCUT2D eigenvalue weighted by molar-refractivity contribution is 5.78. The number of nitrogens with one attached hydrogen (secondary N) is 1. The fourth-order valence-corrected chi connectivity index (χ4v) is 3.64. The highest BCUT2D eigenvalue weighted by atomic mass is 16.6. The van der Waals surface area contributed by atoms with E-state index in [9.17, 15) is 9.59 Å². The Kier molecular flexibility index (Phi) is 7.11. The van der Waals surface area contributed by atoms with E-state index in [4.69, 9.17) is 4.74 Å². The zero-order valence-corrected chi connectivity index (χ0v) is 16.3. The van der Waals surface area contributed by atoms with Gasteiger partial charge in [-0.2, -0.15) is 0 Å². The molecule has 6 heteroatoms. The zero-order valence-electron chi connectivity index (χ0n) is 16.3. The number of nitrogens with zero attached hydrogens (tertiary/aromatic N) is 2. The molecule has 2 unspecified atom stereocenters. The summed E-state index contributed by atoms with van der Waals surface area (Å²) in [5.41, 5.74) is -0.467. The molecule has 0 bridgehead atoms. The van der Waals surface area contributed by atoms with Crippen LogP contribution in [0.2, 0.25) is 0 Å². The van der Waals surface area contributed by atoms with Gasteiger partial charge in [0.25, 0.3) is 0 Å². The summed E-state index contributed by atoms with van der Waals surface area (Å²) in [6, 6.07) is 0.382. The third-order valence-electron chi connectivity index (χ3n) is 4.94. The van der Waals surface area contributed by atoms with Crippen molar-refractivity contribution >= 4 is 12.0 Å². The lowest BCUT2D eigenvalue weighted by Gasteiger charge is -2.38. The summed E-state index contributed by atoms with van der Waals surface area (Å²) in [7, 11) is 0. The van der Waals surface area contributed by atoms with E-state index in [-0.39, 0.29) is 24.1 Å². The van der Waals surface area contributed by atoms with Gasteiger partial charge in [-0.1, -0.05) is 0 Å². The second-order valence-corrected chi connectivity index (χ2v) is 8.43. The molecule has 2 heterocycles. The van der Waals surface area contributed by atoms with E-state index in [1.807, 2.05) is 30.6 Å². The fourth-order valence-electron chi connectivity index (χ4n) is 3.64. The summed E-state index contributed by atoms with van der Waals surface area (Å²) >= 11 is 0. The molecule has 2 aliphatic heterocycles. The van der Waals surface area contributed by atoms with Crippen molar-refractivity contribution in [2.75, 3.05) is 26.2 Å². The summed E-state index contributed by atoms with van der Waals surface area (Å²) in [5.74, 6) is 0.192. The summed E-state index contributed by atoms with van der Waals surface area (Å²) in [6.07, 6.45) is 6.06. The highest BCUT2D eigenvalue weighted by Crippen LogP contribution is 2.23. The van der Waals surface area contributed by atoms with Crippen molar-refractivity contribution in [2.24, 2.45) is 0 Å². The van der Waals surface area contributed by atoms with Crippen molar-refractivity contribution < 1.29 is 14.3 Å². The minimum atomic E-state index is -0.467. The van der Waals surface area contributed by atoms with Gasteiger partial charge in [0.15, 0.2) is 0 Å². The Morgan fingerprint density at radius 3 is 2.40 bits per heavy atom. The van der Waals surface area contributed by atoms with Crippen molar-refractivity contribution in [1.29, 1.82) is 0 Å². The molecule has 6 nitrogen and oxygen atoms in total. The standard InChI is InChI=1S/C19H35N3O3/c1-15(20-14-17(23)21-10-7-8-11-21)13-16-9-5-6-12-22(16)18(24)25-19(2,3)4/h15-16,20H,5-14H2,1-4H3. The quantitative estimate of drug-likeness (QED) is 0.825. The van der Waals surface area contributed by atoms with Crippen LogP contribution >= 0.6 is 0 Å². The van der Waals surface area contributed by atoms with Gasteiger partial charge in [-0.15, -0.1) is 0 Å². The molecule has 2 aliphatic rings. The summed E-state index contributed by atoms with van der Waals surface area (Å²) in [6.45, 7) is 10.7. The number of carbonyl (C=O) groups is 2. The first-order valence-electron chi connectivity index (χ1n) is 9.77. The molecule has 2 saturated heterocycles. The lowest BCUT2D eigenvalue weighted by molar-refractivity contribution is -0.129. The molecular weight excluding hydrogens is 318 g/mol. The second kappa shape index (κ2) is 8.88. The average Bonchev–Trinajstić information content (AvgIpc) is 3.06. The average molecular weight is 354 g/mol. The van der Waals surface area contributed by atoms with Gasteiger partial charge in [0.05, 0.1) is 6.54 Å². The maximum atomic E-state index is 12.5. The monoisotopic (exact) mass is 353 g/mol. The van der Waals surface area contributed by atoms with Crippen LogP contribution in [0.1, 0.15) is 66.2 Å². The van der Waals surface area contributed by atoms with Crippen molar-refractivity contribution in [2.45, 2.75) is 83.9 Å². The molecule has 25 heavy (non-hydrogen) atoms. The zero-order chi connectivity index (χ0) is 18.4. The Balaban J connectivity index is 1.81. The van der Waals surface area contributed by atoms with Crippen molar-refractivity contribution in [3.63, 3.8) is 0 Å². The van der Waals surface area contributed by atoms with Gasteiger partial charge in [0, 0.05) is 31.7 Å². The molecule has 2 amide bonds. The summed E-state index contributed by atoms with van der Waals surface area (Å²) < 4.78 is 5.56. The van der Waals surface area contributed by atoms with Gasteiger partial charge < -0.3 is 19.9 Å². The van der Waals surface area contributed by atoms with Crippen LogP contribution in [0.25, 0.3) is 0 Å². The van der Waals surface area contributed by atoms with Crippen LogP contribution in [0.15, 0.2) is 0 Å². The third-order valence-corrected chi connectivity index (χ3v) is 4.94. The minimum absolute atomic E-state index is 0.188. The Bertz CT molecular complexity index is 455. The van der Waals surface area contributed by atoms with Gasteiger partial charge in [-0.25, -0.2) is 4.79 Å². The predicted octanol–water partition coefficient (Wildman–Crippen LogP) is 2.77. The molecule has 0 spiro atoms. The van der Waals surface area contributed by atoms with Gasteiger partial charge in [0.1, 0.15) is 5.60 Å². The minimum Gasteiger partial charge on any atom is -0.444 e. The molecule has 2 fully saturated rings. The van der Waals surface area contributed by atoms with Crippen LogP contribution in [-0.2, 0) is 9.53 Å². The molecule has 0 radical (unpaired) electrons. The number of amides is 2. The molecule has 2 rings (SSSR count). The normalized spacial score (nSPS) is 22.8. The molecule has 0 aromatic heterocycles. The molecular formula is C19H35N3O3. The maximum Gasteiger partial charge on any atom is 0.410 e. The van der Waals surface area contributed by atoms with Crippen LogP contribution in [0.3, 0.4) is 0 Å². The lowest BCUT2D eigenvalue weighted by Crippen LogP contribution is -2.49. The van der Waals surface area contributed by atoms with Gasteiger partial charge in [-0.3, -0.25) is 4.79 Å². The first-order valence-corrected chi connectivity index (χ1v) is 9.77. The molecule has 0 aromatic rings. The Hall–Kier alpha value is -1.30. The van der Waals surface area contributed by atoms with E-state index in [1.165, 1.54) is 0 Å². The van der Waals surface area contributed by atoms with E-state index in [0.717, 1.165) is 58.2 Å². The molecule has 144 valence electrons. The SMILES string of the molecule is CC(CC1CCCCN1C(=O)OC(C)(C)C)NCC(=O)N1CCCC1. The Labute approximate surface area is 152 Å². The van der Waals surface area contributed by atoms with E-state index in [0.29, 0.717) is 6.54 Å². The van der Waals surface area contributed by atoms with E-state index < -0.39 is 5.60 Å². The molecule has 1 N–H and O–H groups in total. The number of ether oxygens (including phenoxy) is 1. The van der Waals surface area contributed by atoms with Crippen LogP contribution in [0, 0.1) is 0 Å². The van der Waals surface area contributed by atoms with Gasteiger partial charge in [-0.05, 0) is 66.2 Å². The highest BCUT2D eigenvalue weighted by Gasteiger charge is 2.31. The number of hydrogen-bond donors (Lipinski definition) is 1. The van der Waals surface area contributed by atoms with Crippen molar-refractivity contribution in [1.82, 2.24) is 15.1 Å². The molecule has 0 saturated carbocycles. The second-order valence-electron chi connectivity index (χ2n) is 8.43. The number of likely N-dealkylation sites (tertiary alicyclic amines) is 2. The lowest BCUT2D eigenvalue weighted by atomic mass is 9.96. The number of hydrogen-bond acceptors (Lipinski definition) is 4. The maximum absolute atomic E-state index is 12.5. The number of piperidine rings is 1.